The summed E-state index contributed by atoms with van der Waals surface area (Å²) in [6.07, 6.45) is 0. The lowest BCUT2D eigenvalue weighted by Gasteiger charge is -2.24. The molecule has 0 atom stereocenters. The lowest BCUT2D eigenvalue weighted by Crippen LogP contribution is -2.20. The lowest BCUT2D eigenvalue weighted by atomic mass is 9.82. The Balaban J connectivity index is 1.43. The van der Waals surface area contributed by atoms with Crippen molar-refractivity contribution >= 4 is 54.4 Å². The van der Waals surface area contributed by atoms with Crippen molar-refractivity contribution in [3.05, 3.63) is 145 Å². The summed E-state index contributed by atoms with van der Waals surface area (Å²) < 4.78 is 4.62. The summed E-state index contributed by atoms with van der Waals surface area (Å²) in [7, 11) is 0. The predicted molar refractivity (Wildman–Crippen MR) is 186 cm³/mol. The molecule has 6 aromatic carbocycles. The average molecular weight is 577 g/mol. The number of benzene rings is 6. The molecule has 0 radical (unpaired) electrons. The van der Waals surface area contributed by atoms with Gasteiger partial charge in [-0.1, -0.05) is 123 Å². The van der Waals surface area contributed by atoms with E-state index < -0.39 is 0 Å². The quantitative estimate of drug-likeness (QED) is 0.205. The van der Waals surface area contributed by atoms with Crippen LogP contribution >= 0.6 is 0 Å². The number of fused-ring (bicyclic) bond motifs is 11. The fourth-order valence-corrected chi connectivity index (χ4v) is 7.93. The topological polar surface area (TPSA) is 35.6 Å². The second-order valence-corrected chi connectivity index (χ2v) is 12.6. The van der Waals surface area contributed by atoms with E-state index in [1.54, 1.807) is 0 Å². The SMILES string of the molecule is CC1(C)c2ccc3ccccc3c2-c2nc(-n3c4ccccc4c4ccccc43)nc(-n3c4ccccc4c4ccccc43)c21. The highest BCUT2D eigenvalue weighted by Crippen LogP contribution is 2.53. The van der Waals surface area contributed by atoms with Crippen molar-refractivity contribution in [2.45, 2.75) is 19.3 Å². The third kappa shape index (κ3) is 3.16. The van der Waals surface area contributed by atoms with E-state index in [2.05, 4.69) is 156 Å². The molecule has 212 valence electrons. The smallest absolute Gasteiger partial charge is 0.237 e. The molecule has 10 rings (SSSR count). The van der Waals surface area contributed by atoms with Crippen LogP contribution in [0.5, 0.6) is 0 Å². The molecule has 0 N–H and O–H groups in total. The summed E-state index contributed by atoms with van der Waals surface area (Å²) in [4.78, 5) is 11.2. The van der Waals surface area contributed by atoms with Crippen LogP contribution in [0.25, 0.3) is 77.4 Å². The summed E-state index contributed by atoms with van der Waals surface area (Å²) in [6.45, 7) is 4.65. The Morgan fingerprint density at radius 1 is 0.467 bits per heavy atom. The van der Waals surface area contributed by atoms with Crippen molar-refractivity contribution in [2.24, 2.45) is 0 Å². The first kappa shape index (κ1) is 24.7. The molecule has 4 nitrogen and oxygen atoms in total. The van der Waals surface area contributed by atoms with Gasteiger partial charge in [0, 0.05) is 38.1 Å². The fourth-order valence-electron chi connectivity index (χ4n) is 7.93. The van der Waals surface area contributed by atoms with Crippen molar-refractivity contribution in [3.8, 4) is 23.0 Å². The summed E-state index contributed by atoms with van der Waals surface area (Å²) >= 11 is 0. The van der Waals surface area contributed by atoms with E-state index in [9.17, 15) is 0 Å². The molecule has 0 fully saturated rings. The van der Waals surface area contributed by atoms with Gasteiger partial charge < -0.3 is 0 Å². The highest BCUT2D eigenvalue weighted by atomic mass is 15.2. The molecule has 0 aliphatic heterocycles. The van der Waals surface area contributed by atoms with Crippen molar-refractivity contribution in [2.75, 3.05) is 0 Å². The second-order valence-electron chi connectivity index (χ2n) is 12.6. The van der Waals surface area contributed by atoms with Gasteiger partial charge in [-0.05, 0) is 40.6 Å². The van der Waals surface area contributed by atoms with Crippen LogP contribution in [0, 0.1) is 0 Å². The second kappa shape index (κ2) is 8.67. The Hall–Kier alpha value is -5.74. The van der Waals surface area contributed by atoms with Gasteiger partial charge in [0.05, 0.1) is 27.8 Å². The van der Waals surface area contributed by atoms with Crippen molar-refractivity contribution in [3.63, 3.8) is 0 Å². The maximum absolute atomic E-state index is 5.60. The van der Waals surface area contributed by atoms with E-state index in [4.69, 9.17) is 9.97 Å². The predicted octanol–water partition coefficient (Wildman–Crippen LogP) is 10.1. The third-order valence-electron chi connectivity index (χ3n) is 9.91. The van der Waals surface area contributed by atoms with Gasteiger partial charge in [0.1, 0.15) is 5.82 Å². The number of nitrogens with zero attached hydrogens (tertiary/aromatic N) is 4. The molecule has 0 spiro atoms. The Morgan fingerprint density at radius 2 is 0.933 bits per heavy atom. The van der Waals surface area contributed by atoms with Gasteiger partial charge in [-0.25, -0.2) is 4.98 Å². The van der Waals surface area contributed by atoms with E-state index in [0.717, 1.165) is 39.1 Å². The zero-order valence-corrected chi connectivity index (χ0v) is 25.0. The monoisotopic (exact) mass is 576 g/mol. The number of aromatic nitrogens is 4. The van der Waals surface area contributed by atoms with Crippen LogP contribution in [-0.4, -0.2) is 19.1 Å². The van der Waals surface area contributed by atoms with E-state index in [1.807, 2.05) is 0 Å². The Morgan fingerprint density at radius 3 is 1.49 bits per heavy atom. The minimum atomic E-state index is -0.324. The Labute approximate surface area is 259 Å². The molecule has 0 saturated heterocycles. The zero-order valence-electron chi connectivity index (χ0n) is 25.0. The maximum atomic E-state index is 5.60. The average Bonchev–Trinajstić information content (AvgIpc) is 3.68. The van der Waals surface area contributed by atoms with Crippen molar-refractivity contribution in [1.29, 1.82) is 0 Å². The Bertz CT molecular complexity index is 2580. The van der Waals surface area contributed by atoms with Crippen molar-refractivity contribution in [1.82, 2.24) is 19.1 Å². The number of para-hydroxylation sites is 4. The standard InChI is InChI=1S/C41H28N4/c1-41(2)31-24-23-25-13-3-4-14-26(25)36(31)38-37(41)39(44-32-19-9-5-15-27(32)28-16-6-10-20-33(28)44)43-40(42-38)45-34-21-11-7-17-29(34)30-18-8-12-22-35(30)45/h3-24H,1-2H3. The van der Waals surface area contributed by atoms with Gasteiger partial charge in [-0.15, -0.1) is 0 Å². The molecule has 4 heteroatoms. The highest BCUT2D eigenvalue weighted by molar-refractivity contribution is 6.11. The van der Waals surface area contributed by atoms with Gasteiger partial charge in [-0.2, -0.15) is 4.98 Å². The zero-order chi connectivity index (χ0) is 29.9. The van der Waals surface area contributed by atoms with E-state index in [0.29, 0.717) is 5.95 Å². The molecule has 45 heavy (non-hydrogen) atoms. The van der Waals surface area contributed by atoms with E-state index in [-0.39, 0.29) is 5.41 Å². The van der Waals surface area contributed by atoms with Gasteiger partial charge >= 0.3 is 0 Å². The van der Waals surface area contributed by atoms with Crippen LogP contribution in [0.15, 0.2) is 133 Å². The molecule has 0 bridgehead atoms. The molecule has 1 aliphatic rings. The van der Waals surface area contributed by atoms with Crippen LogP contribution in [0.4, 0.5) is 0 Å². The molecule has 0 amide bonds. The minimum absolute atomic E-state index is 0.324. The first-order valence-electron chi connectivity index (χ1n) is 15.5. The largest absolute Gasteiger partial charge is 0.293 e. The summed E-state index contributed by atoms with van der Waals surface area (Å²) in [6, 6.07) is 47.8. The van der Waals surface area contributed by atoms with Gasteiger partial charge in [0.25, 0.3) is 0 Å². The lowest BCUT2D eigenvalue weighted by molar-refractivity contribution is 0.649. The molecular weight excluding hydrogens is 548 g/mol. The van der Waals surface area contributed by atoms with Crippen molar-refractivity contribution < 1.29 is 0 Å². The molecule has 0 saturated carbocycles. The number of hydrogen-bond acceptors (Lipinski definition) is 2. The number of hydrogen-bond donors (Lipinski definition) is 0. The fraction of sp³-hybridized carbons (Fsp3) is 0.0732. The van der Waals surface area contributed by atoms with Gasteiger partial charge in [0.15, 0.2) is 0 Å². The van der Waals surface area contributed by atoms with Crippen LogP contribution in [0.2, 0.25) is 0 Å². The molecule has 9 aromatic rings. The van der Waals surface area contributed by atoms with Gasteiger partial charge in [0.2, 0.25) is 5.95 Å². The maximum Gasteiger partial charge on any atom is 0.237 e. The van der Waals surface area contributed by atoms with Gasteiger partial charge in [-0.3, -0.25) is 9.13 Å². The third-order valence-corrected chi connectivity index (χ3v) is 9.91. The van der Waals surface area contributed by atoms with E-state index >= 15 is 0 Å². The first-order chi connectivity index (χ1) is 22.1. The number of rotatable bonds is 2. The van der Waals surface area contributed by atoms with Crippen LogP contribution in [0.3, 0.4) is 0 Å². The molecule has 1 aliphatic carbocycles. The molecule has 3 aromatic heterocycles. The van der Waals surface area contributed by atoms with Crippen LogP contribution in [0.1, 0.15) is 25.0 Å². The van der Waals surface area contributed by atoms with Crippen LogP contribution < -0.4 is 0 Å². The summed E-state index contributed by atoms with van der Waals surface area (Å²) in [5.41, 5.74) is 8.82. The summed E-state index contributed by atoms with van der Waals surface area (Å²) in [5.74, 6) is 1.61. The first-order valence-corrected chi connectivity index (χ1v) is 15.5. The molecule has 0 unspecified atom stereocenters. The summed E-state index contributed by atoms with van der Waals surface area (Å²) in [5, 5.41) is 7.27. The molecular formula is C41H28N4. The minimum Gasteiger partial charge on any atom is -0.293 e. The normalized spacial score (nSPS) is 13.7. The highest BCUT2D eigenvalue weighted by Gasteiger charge is 2.42. The van der Waals surface area contributed by atoms with Crippen LogP contribution in [-0.2, 0) is 5.41 Å². The molecule has 3 heterocycles. The Kier molecular flexibility index (Phi) is 4.76. The van der Waals surface area contributed by atoms with E-state index in [1.165, 1.54) is 43.4 Å².